The van der Waals surface area contributed by atoms with E-state index < -0.39 is 0 Å². The molecule has 0 aliphatic rings. The topological polar surface area (TPSA) is 41.5 Å². The van der Waals surface area contributed by atoms with Crippen molar-refractivity contribution >= 4 is 11.8 Å². The smallest absolute Gasteiger partial charge is 0.119 e. The van der Waals surface area contributed by atoms with Crippen molar-refractivity contribution in [1.29, 1.82) is 0 Å². The molecule has 0 amide bonds. The summed E-state index contributed by atoms with van der Waals surface area (Å²) in [5.74, 6) is 1.93. The Balaban J connectivity index is 2.62. The normalized spacial score (nSPS) is 14.2. The molecule has 2 unspecified atom stereocenters. The van der Waals surface area contributed by atoms with Crippen LogP contribution in [-0.2, 0) is 0 Å². The van der Waals surface area contributed by atoms with Crippen molar-refractivity contribution in [2.24, 2.45) is 0 Å². The first kappa shape index (κ1) is 18.3. The first-order valence-electron chi connectivity index (χ1n) is 7.79. The predicted molar refractivity (Wildman–Crippen MR) is 92.2 cm³/mol. The summed E-state index contributed by atoms with van der Waals surface area (Å²) < 4.78 is 5.69. The molecule has 21 heavy (non-hydrogen) atoms. The third-order valence-electron chi connectivity index (χ3n) is 3.19. The molecule has 0 radical (unpaired) electrons. The molecule has 0 saturated heterocycles. The fourth-order valence-corrected chi connectivity index (χ4v) is 3.20. The number of ether oxygens (including phenoxy) is 1. The Bertz CT molecular complexity index is 381. The lowest BCUT2D eigenvalue weighted by Gasteiger charge is -2.20. The van der Waals surface area contributed by atoms with Crippen molar-refractivity contribution in [1.82, 2.24) is 5.32 Å². The van der Waals surface area contributed by atoms with Crippen LogP contribution in [0, 0.1) is 0 Å². The van der Waals surface area contributed by atoms with E-state index in [4.69, 9.17) is 9.84 Å². The Morgan fingerprint density at radius 1 is 1.19 bits per heavy atom. The minimum atomic E-state index is 0.204. The molecule has 1 rings (SSSR count). The van der Waals surface area contributed by atoms with E-state index in [0.717, 1.165) is 24.5 Å². The van der Waals surface area contributed by atoms with Crippen molar-refractivity contribution in [2.75, 3.05) is 18.9 Å². The van der Waals surface area contributed by atoms with Gasteiger partial charge < -0.3 is 15.2 Å². The maximum absolute atomic E-state index is 8.98. The number of hydrogen-bond acceptors (Lipinski definition) is 4. The summed E-state index contributed by atoms with van der Waals surface area (Å²) in [6, 6.07) is 8.71. The molecule has 2 N–H and O–H groups in total. The molecular formula is C17H29NO2S. The van der Waals surface area contributed by atoms with Crippen LogP contribution in [0.4, 0.5) is 0 Å². The molecule has 0 saturated carbocycles. The molecule has 0 heterocycles. The van der Waals surface area contributed by atoms with E-state index in [2.05, 4.69) is 31.3 Å². The van der Waals surface area contributed by atoms with E-state index >= 15 is 0 Å². The summed E-state index contributed by atoms with van der Waals surface area (Å²) in [4.78, 5) is 0. The van der Waals surface area contributed by atoms with Gasteiger partial charge in [-0.15, -0.1) is 0 Å². The highest BCUT2D eigenvalue weighted by Gasteiger charge is 2.13. The molecule has 2 atom stereocenters. The maximum atomic E-state index is 8.98. The molecule has 0 bridgehead atoms. The minimum Gasteiger partial charge on any atom is -0.491 e. The second-order valence-electron chi connectivity index (χ2n) is 5.50. The van der Waals surface area contributed by atoms with Gasteiger partial charge in [0.2, 0.25) is 0 Å². The molecule has 0 fully saturated rings. The summed E-state index contributed by atoms with van der Waals surface area (Å²) in [6.45, 7) is 9.59. The Hall–Kier alpha value is -0.710. The number of aliphatic hydroxyl groups excluding tert-OH is 1. The zero-order valence-corrected chi connectivity index (χ0v) is 14.5. The average molecular weight is 311 g/mol. The van der Waals surface area contributed by atoms with E-state index in [1.54, 1.807) is 0 Å². The second kappa shape index (κ2) is 10.1. The van der Waals surface area contributed by atoms with Crippen molar-refractivity contribution in [2.45, 2.75) is 51.5 Å². The lowest BCUT2D eigenvalue weighted by molar-refractivity contribution is 0.242. The summed E-state index contributed by atoms with van der Waals surface area (Å²) in [5.41, 5.74) is 1.29. The molecule has 1 aromatic rings. The second-order valence-corrected chi connectivity index (χ2v) is 6.97. The summed E-state index contributed by atoms with van der Waals surface area (Å²) in [6.07, 6.45) is 1.06. The van der Waals surface area contributed by atoms with Gasteiger partial charge in [-0.2, -0.15) is 11.8 Å². The van der Waals surface area contributed by atoms with Gasteiger partial charge in [0.1, 0.15) is 5.75 Å². The van der Waals surface area contributed by atoms with Crippen LogP contribution < -0.4 is 10.1 Å². The summed E-state index contributed by atoms with van der Waals surface area (Å²) >= 11 is 1.90. The van der Waals surface area contributed by atoms with Gasteiger partial charge in [-0.3, -0.25) is 0 Å². The van der Waals surface area contributed by atoms with E-state index in [1.807, 2.05) is 37.7 Å². The molecule has 0 aliphatic heterocycles. The van der Waals surface area contributed by atoms with Gasteiger partial charge in [-0.25, -0.2) is 0 Å². The first-order valence-corrected chi connectivity index (χ1v) is 8.84. The van der Waals surface area contributed by atoms with Crippen molar-refractivity contribution in [3.8, 4) is 5.75 Å². The molecule has 0 aromatic heterocycles. The highest BCUT2D eigenvalue weighted by atomic mass is 32.2. The summed E-state index contributed by atoms with van der Waals surface area (Å²) in [7, 11) is 0. The zero-order chi connectivity index (χ0) is 15.7. The Morgan fingerprint density at radius 3 is 2.38 bits per heavy atom. The maximum Gasteiger partial charge on any atom is 0.119 e. The molecule has 0 spiro atoms. The Labute approximate surface area is 133 Å². The van der Waals surface area contributed by atoms with Crippen LogP contribution in [-0.4, -0.2) is 35.4 Å². The lowest BCUT2D eigenvalue weighted by atomic mass is 10.1. The Kier molecular flexibility index (Phi) is 8.81. The van der Waals surface area contributed by atoms with Gasteiger partial charge in [0.05, 0.1) is 6.10 Å². The van der Waals surface area contributed by atoms with Gasteiger partial charge in [0.25, 0.3) is 0 Å². The number of rotatable bonds is 10. The molecule has 1 aromatic carbocycles. The van der Waals surface area contributed by atoms with Crippen LogP contribution in [0.15, 0.2) is 24.3 Å². The minimum absolute atomic E-state index is 0.204. The van der Waals surface area contributed by atoms with Crippen LogP contribution in [0.3, 0.4) is 0 Å². The quantitative estimate of drug-likeness (QED) is 0.692. The lowest BCUT2D eigenvalue weighted by Crippen LogP contribution is -2.23. The van der Waals surface area contributed by atoms with Crippen LogP contribution in [0.5, 0.6) is 5.75 Å². The third kappa shape index (κ3) is 7.21. The third-order valence-corrected chi connectivity index (χ3v) is 4.52. The van der Waals surface area contributed by atoms with Gasteiger partial charge in [0, 0.05) is 23.7 Å². The zero-order valence-electron chi connectivity index (χ0n) is 13.6. The fraction of sp³-hybridized carbons (Fsp3) is 0.647. The van der Waals surface area contributed by atoms with E-state index in [0.29, 0.717) is 11.3 Å². The monoisotopic (exact) mass is 311 g/mol. The van der Waals surface area contributed by atoms with Crippen LogP contribution in [0.1, 0.15) is 45.7 Å². The highest BCUT2D eigenvalue weighted by Crippen LogP contribution is 2.24. The average Bonchev–Trinajstić information content (AvgIpc) is 2.44. The molecule has 3 nitrogen and oxygen atoms in total. The van der Waals surface area contributed by atoms with Crippen LogP contribution >= 0.6 is 11.8 Å². The number of hydrogen-bond donors (Lipinski definition) is 2. The summed E-state index contributed by atoms with van der Waals surface area (Å²) in [5, 5.41) is 13.0. The van der Waals surface area contributed by atoms with E-state index in [-0.39, 0.29) is 12.7 Å². The number of nitrogens with one attached hydrogen (secondary N) is 1. The molecule has 4 heteroatoms. The first-order chi connectivity index (χ1) is 10.1. The highest BCUT2D eigenvalue weighted by molar-refractivity contribution is 7.99. The number of aliphatic hydroxyl groups is 1. The van der Waals surface area contributed by atoms with E-state index in [9.17, 15) is 0 Å². The van der Waals surface area contributed by atoms with Gasteiger partial charge in [-0.05, 0) is 44.5 Å². The molecular weight excluding hydrogens is 282 g/mol. The predicted octanol–water partition coefficient (Wildman–Crippen LogP) is 3.63. The molecule has 120 valence electrons. The van der Waals surface area contributed by atoms with Gasteiger partial charge in [-0.1, -0.05) is 26.0 Å². The van der Waals surface area contributed by atoms with Crippen molar-refractivity contribution in [3.05, 3.63) is 29.8 Å². The van der Waals surface area contributed by atoms with Crippen molar-refractivity contribution < 1.29 is 9.84 Å². The molecule has 0 aliphatic carbocycles. The Morgan fingerprint density at radius 2 is 1.86 bits per heavy atom. The van der Waals surface area contributed by atoms with E-state index in [1.165, 1.54) is 5.56 Å². The standard InChI is InChI=1S/C17H29NO2S/c1-5-18-17(12-21-14(4)10-11-19)15-6-8-16(9-7-15)20-13(2)3/h6-9,13-14,17-19H,5,10-12H2,1-4H3. The van der Waals surface area contributed by atoms with Crippen molar-refractivity contribution in [3.63, 3.8) is 0 Å². The SMILES string of the molecule is CCNC(CSC(C)CCO)c1ccc(OC(C)C)cc1. The van der Waals surface area contributed by atoms with Gasteiger partial charge >= 0.3 is 0 Å². The largest absolute Gasteiger partial charge is 0.491 e. The van der Waals surface area contributed by atoms with Gasteiger partial charge in [0.15, 0.2) is 0 Å². The number of benzene rings is 1. The van der Waals surface area contributed by atoms with Crippen LogP contribution in [0.2, 0.25) is 0 Å². The fourth-order valence-electron chi connectivity index (χ4n) is 2.10. The van der Waals surface area contributed by atoms with Crippen LogP contribution in [0.25, 0.3) is 0 Å². The number of thioether (sulfide) groups is 1.